The third kappa shape index (κ3) is 2.68. The highest BCUT2D eigenvalue weighted by molar-refractivity contribution is 6.20. The zero-order chi connectivity index (χ0) is 13.3. The molecule has 1 aliphatic rings. The van der Waals surface area contributed by atoms with Gasteiger partial charge in [0.2, 0.25) is 5.91 Å². The lowest BCUT2D eigenvalue weighted by atomic mass is 9.95. The Labute approximate surface area is 113 Å². The normalized spacial score (nSPS) is 15.6. The maximum absolute atomic E-state index is 12.0. The quantitative estimate of drug-likeness (QED) is 0.854. The van der Waals surface area contributed by atoms with Gasteiger partial charge in [-0.25, -0.2) is 0 Å². The molecule has 0 saturated carbocycles. The fourth-order valence-electron chi connectivity index (χ4n) is 2.00. The minimum Gasteiger partial charge on any atom is -0.326 e. The molecule has 0 atom stereocenters. The van der Waals surface area contributed by atoms with Crippen molar-refractivity contribution in [2.45, 2.75) is 26.9 Å². The molecule has 18 heavy (non-hydrogen) atoms. The number of rotatable bonds is 3. The first-order chi connectivity index (χ1) is 8.42. The van der Waals surface area contributed by atoms with Crippen LogP contribution in [0, 0.1) is 5.41 Å². The van der Waals surface area contributed by atoms with E-state index in [0.717, 1.165) is 18.8 Å². The van der Waals surface area contributed by atoms with Gasteiger partial charge in [-0.2, -0.15) is 0 Å². The van der Waals surface area contributed by atoms with Gasteiger partial charge in [0.1, 0.15) is 0 Å². The number of carbonyl (C=O) groups is 1. The summed E-state index contributed by atoms with van der Waals surface area (Å²) in [6, 6.07) is 6.10. The summed E-state index contributed by atoms with van der Waals surface area (Å²) in [6.07, 6.45) is 0. The van der Waals surface area contributed by atoms with Crippen molar-refractivity contribution < 1.29 is 4.79 Å². The number of alkyl halides is 1. The number of hydrogen-bond donors (Lipinski definition) is 1. The van der Waals surface area contributed by atoms with E-state index in [4.69, 9.17) is 11.6 Å². The maximum atomic E-state index is 12.0. The first-order valence-electron chi connectivity index (χ1n) is 6.10. The molecule has 0 unspecified atom stereocenters. The second-order valence-corrected chi connectivity index (χ2v) is 5.89. The van der Waals surface area contributed by atoms with Crippen molar-refractivity contribution in [2.24, 2.45) is 5.41 Å². The van der Waals surface area contributed by atoms with Crippen molar-refractivity contribution in [2.75, 3.05) is 18.2 Å². The molecule has 0 radical (unpaired) electrons. The van der Waals surface area contributed by atoms with Crippen LogP contribution in [-0.2, 0) is 17.9 Å². The standard InChI is InChI=1S/C14H19ClN2O/c1-14(2,9-15)13(18)16-12-5-4-10-7-17(3)8-11(10)6-12/h4-6H,7-9H2,1-3H3,(H,16,18). The van der Waals surface area contributed by atoms with E-state index < -0.39 is 5.41 Å². The van der Waals surface area contributed by atoms with Crippen LogP contribution in [0.15, 0.2) is 18.2 Å². The van der Waals surface area contributed by atoms with E-state index in [1.54, 1.807) is 0 Å². The lowest BCUT2D eigenvalue weighted by Crippen LogP contribution is -2.32. The van der Waals surface area contributed by atoms with Crippen LogP contribution >= 0.6 is 11.6 Å². The van der Waals surface area contributed by atoms with E-state index in [1.807, 2.05) is 19.9 Å². The van der Waals surface area contributed by atoms with Crippen LogP contribution in [0.4, 0.5) is 5.69 Å². The Morgan fingerprint density at radius 3 is 2.72 bits per heavy atom. The molecule has 3 nitrogen and oxygen atoms in total. The molecular weight excluding hydrogens is 248 g/mol. The molecule has 1 aromatic rings. The number of hydrogen-bond acceptors (Lipinski definition) is 2. The van der Waals surface area contributed by atoms with Crippen LogP contribution in [0.1, 0.15) is 25.0 Å². The third-order valence-corrected chi connectivity index (χ3v) is 3.96. The Bertz CT molecular complexity index is 471. The molecule has 1 aromatic carbocycles. The molecule has 1 amide bonds. The second-order valence-electron chi connectivity index (χ2n) is 5.63. The minimum atomic E-state index is -0.544. The second kappa shape index (κ2) is 4.90. The summed E-state index contributed by atoms with van der Waals surface area (Å²) in [4.78, 5) is 14.3. The van der Waals surface area contributed by atoms with E-state index in [0.29, 0.717) is 5.88 Å². The van der Waals surface area contributed by atoms with Crippen molar-refractivity contribution in [1.29, 1.82) is 0 Å². The lowest BCUT2D eigenvalue weighted by Gasteiger charge is -2.20. The van der Waals surface area contributed by atoms with Gasteiger partial charge in [-0.1, -0.05) is 6.07 Å². The zero-order valence-corrected chi connectivity index (χ0v) is 11.8. The maximum Gasteiger partial charge on any atom is 0.231 e. The van der Waals surface area contributed by atoms with Gasteiger partial charge in [-0.3, -0.25) is 9.69 Å². The average molecular weight is 267 g/mol. The number of amides is 1. The first-order valence-corrected chi connectivity index (χ1v) is 6.63. The summed E-state index contributed by atoms with van der Waals surface area (Å²) in [6.45, 7) is 5.61. The summed E-state index contributed by atoms with van der Waals surface area (Å²) in [7, 11) is 2.09. The molecule has 0 spiro atoms. The topological polar surface area (TPSA) is 32.3 Å². The van der Waals surface area contributed by atoms with Gasteiger partial charge < -0.3 is 5.32 Å². The van der Waals surface area contributed by atoms with Crippen molar-refractivity contribution >= 4 is 23.2 Å². The van der Waals surface area contributed by atoms with Crippen LogP contribution in [0.2, 0.25) is 0 Å². The Kier molecular flexibility index (Phi) is 3.64. The van der Waals surface area contributed by atoms with Gasteiger partial charge >= 0.3 is 0 Å². The molecule has 1 N–H and O–H groups in total. The number of halogens is 1. The van der Waals surface area contributed by atoms with Crippen LogP contribution in [0.25, 0.3) is 0 Å². The summed E-state index contributed by atoms with van der Waals surface area (Å²) in [5.41, 5.74) is 2.94. The summed E-state index contributed by atoms with van der Waals surface area (Å²) in [5.74, 6) is 0.274. The molecule has 2 rings (SSSR count). The molecule has 1 aliphatic heterocycles. The van der Waals surface area contributed by atoms with Gasteiger partial charge in [0.15, 0.2) is 0 Å². The van der Waals surface area contributed by atoms with Gasteiger partial charge in [0.25, 0.3) is 0 Å². The van der Waals surface area contributed by atoms with E-state index in [9.17, 15) is 4.79 Å². The highest BCUT2D eigenvalue weighted by atomic mass is 35.5. The number of benzene rings is 1. The molecule has 0 aliphatic carbocycles. The van der Waals surface area contributed by atoms with Crippen LogP contribution in [-0.4, -0.2) is 23.7 Å². The predicted molar refractivity (Wildman–Crippen MR) is 74.7 cm³/mol. The summed E-state index contributed by atoms with van der Waals surface area (Å²) in [5, 5.41) is 2.94. The molecule has 0 saturated heterocycles. The van der Waals surface area contributed by atoms with Gasteiger partial charge in [-0.05, 0) is 44.2 Å². The molecule has 1 heterocycles. The number of nitrogens with zero attached hydrogens (tertiary/aromatic N) is 1. The SMILES string of the molecule is CN1Cc2ccc(NC(=O)C(C)(C)CCl)cc2C1. The number of anilines is 1. The fraction of sp³-hybridized carbons (Fsp3) is 0.500. The average Bonchev–Trinajstić information content (AvgIpc) is 2.68. The van der Waals surface area contributed by atoms with Crippen molar-refractivity contribution in [3.63, 3.8) is 0 Å². The monoisotopic (exact) mass is 266 g/mol. The van der Waals surface area contributed by atoms with Crippen LogP contribution < -0.4 is 5.32 Å². The lowest BCUT2D eigenvalue weighted by molar-refractivity contribution is -0.122. The zero-order valence-electron chi connectivity index (χ0n) is 11.1. The van der Waals surface area contributed by atoms with Crippen molar-refractivity contribution in [1.82, 2.24) is 4.90 Å². The fourth-order valence-corrected chi connectivity index (χ4v) is 2.12. The van der Waals surface area contributed by atoms with Crippen LogP contribution in [0.3, 0.4) is 0 Å². The Balaban J connectivity index is 2.12. The minimum absolute atomic E-state index is 0.0381. The van der Waals surface area contributed by atoms with Gasteiger partial charge in [0.05, 0.1) is 5.41 Å². The highest BCUT2D eigenvalue weighted by Gasteiger charge is 2.26. The highest BCUT2D eigenvalue weighted by Crippen LogP contribution is 2.26. The summed E-state index contributed by atoms with van der Waals surface area (Å²) >= 11 is 5.80. The Hall–Kier alpha value is -1.06. The number of nitrogens with one attached hydrogen (secondary N) is 1. The molecular formula is C14H19ClN2O. The van der Waals surface area contributed by atoms with Gasteiger partial charge in [0, 0.05) is 24.7 Å². The Morgan fingerprint density at radius 1 is 1.39 bits per heavy atom. The smallest absolute Gasteiger partial charge is 0.231 e. The molecule has 0 aromatic heterocycles. The predicted octanol–water partition coefficient (Wildman–Crippen LogP) is 2.84. The number of carbonyl (C=O) groups excluding carboxylic acids is 1. The van der Waals surface area contributed by atoms with Gasteiger partial charge in [-0.15, -0.1) is 11.6 Å². The third-order valence-electron chi connectivity index (χ3n) is 3.29. The molecule has 0 fully saturated rings. The number of fused-ring (bicyclic) bond motifs is 1. The first kappa shape index (κ1) is 13.4. The van der Waals surface area contributed by atoms with Crippen LogP contribution in [0.5, 0.6) is 0 Å². The largest absolute Gasteiger partial charge is 0.326 e. The van der Waals surface area contributed by atoms with Crippen molar-refractivity contribution in [3.8, 4) is 0 Å². The molecule has 4 heteroatoms. The van der Waals surface area contributed by atoms with E-state index in [2.05, 4.69) is 29.4 Å². The summed E-state index contributed by atoms with van der Waals surface area (Å²) < 4.78 is 0. The molecule has 0 bridgehead atoms. The van der Waals surface area contributed by atoms with E-state index in [-0.39, 0.29) is 5.91 Å². The Morgan fingerprint density at radius 2 is 2.06 bits per heavy atom. The van der Waals surface area contributed by atoms with Crippen molar-refractivity contribution in [3.05, 3.63) is 29.3 Å². The molecule has 98 valence electrons. The van der Waals surface area contributed by atoms with E-state index >= 15 is 0 Å². The van der Waals surface area contributed by atoms with E-state index in [1.165, 1.54) is 11.1 Å².